The van der Waals surface area contributed by atoms with Crippen LogP contribution < -0.4 is 0 Å². The number of aromatic nitrogens is 2. The maximum absolute atomic E-state index is 12.9. The minimum Gasteiger partial charge on any atom is -0.334 e. The highest BCUT2D eigenvalue weighted by atomic mass is 32.1. The highest BCUT2D eigenvalue weighted by Gasteiger charge is 2.41. The Hall–Kier alpha value is -2.15. The molecule has 2 atom stereocenters. The van der Waals surface area contributed by atoms with Crippen LogP contribution in [0.2, 0.25) is 0 Å². The summed E-state index contributed by atoms with van der Waals surface area (Å²) in [5.74, 6) is 0.0385. The van der Waals surface area contributed by atoms with Gasteiger partial charge in [-0.05, 0) is 26.7 Å². The first-order chi connectivity index (χ1) is 12.0. The smallest absolute Gasteiger partial charge is 0.274 e. The molecule has 0 saturated carbocycles. The van der Waals surface area contributed by atoms with Crippen LogP contribution >= 0.6 is 11.3 Å². The standard InChI is InChI=1S/C18H22N4O2S/c1-12(2)5-6-22-14-4-3-13(16(22)23)9-21(10-14)17(24)15-11-20-7-8-25-18(20)19-15/h5,7-8,11,13-14H,3-4,6,9-10H2,1-2H3. The van der Waals surface area contributed by atoms with E-state index < -0.39 is 0 Å². The molecule has 0 aromatic carbocycles. The third kappa shape index (κ3) is 2.97. The molecule has 0 spiro atoms. The molecule has 2 unspecified atom stereocenters. The van der Waals surface area contributed by atoms with E-state index in [-0.39, 0.29) is 23.8 Å². The zero-order chi connectivity index (χ0) is 17.6. The fraction of sp³-hybridized carbons (Fsp3) is 0.500. The Bertz CT molecular complexity index is 820. The Morgan fingerprint density at radius 2 is 2.20 bits per heavy atom. The van der Waals surface area contributed by atoms with Crippen molar-refractivity contribution in [1.82, 2.24) is 19.2 Å². The number of hydrogen-bond acceptors (Lipinski definition) is 4. The van der Waals surface area contributed by atoms with Gasteiger partial charge in [-0.15, -0.1) is 11.3 Å². The first-order valence-corrected chi connectivity index (χ1v) is 9.56. The zero-order valence-electron chi connectivity index (χ0n) is 14.5. The lowest BCUT2D eigenvalue weighted by Gasteiger charge is -2.35. The highest BCUT2D eigenvalue weighted by Crippen LogP contribution is 2.30. The second-order valence-corrected chi connectivity index (χ2v) is 8.00. The van der Waals surface area contributed by atoms with Gasteiger partial charge in [-0.25, -0.2) is 4.98 Å². The fourth-order valence-corrected chi connectivity index (χ4v) is 4.42. The summed E-state index contributed by atoms with van der Waals surface area (Å²) in [4.78, 5) is 34.7. The summed E-state index contributed by atoms with van der Waals surface area (Å²) in [6.45, 7) is 5.83. The average Bonchev–Trinajstić information content (AvgIpc) is 3.06. The topological polar surface area (TPSA) is 57.9 Å². The second kappa shape index (κ2) is 6.29. The van der Waals surface area contributed by atoms with Crippen LogP contribution in [-0.4, -0.2) is 56.7 Å². The molecule has 2 aromatic heterocycles. The number of amides is 2. The Morgan fingerprint density at radius 3 is 2.96 bits per heavy atom. The molecular weight excluding hydrogens is 336 g/mol. The molecule has 2 aromatic rings. The average molecular weight is 358 g/mol. The van der Waals surface area contributed by atoms with Crippen molar-refractivity contribution >= 4 is 28.1 Å². The monoisotopic (exact) mass is 358 g/mol. The summed E-state index contributed by atoms with van der Waals surface area (Å²) in [6.07, 6.45) is 7.62. The third-order valence-corrected chi connectivity index (χ3v) is 5.86. The molecule has 0 N–H and O–H groups in total. The molecule has 2 bridgehead atoms. The fourth-order valence-electron chi connectivity index (χ4n) is 3.72. The number of thiazole rings is 1. The van der Waals surface area contributed by atoms with Crippen molar-refractivity contribution in [2.75, 3.05) is 19.6 Å². The molecule has 5 rings (SSSR count). The van der Waals surface area contributed by atoms with Crippen molar-refractivity contribution in [1.29, 1.82) is 0 Å². The lowest BCUT2D eigenvalue weighted by Crippen LogP contribution is -2.48. The first-order valence-electron chi connectivity index (χ1n) is 8.68. The molecule has 5 heterocycles. The quantitative estimate of drug-likeness (QED) is 0.792. The summed E-state index contributed by atoms with van der Waals surface area (Å²) < 4.78 is 1.87. The number of imidazole rings is 1. The minimum atomic E-state index is -0.0861. The first kappa shape index (κ1) is 16.3. The number of rotatable bonds is 3. The van der Waals surface area contributed by atoms with E-state index in [1.807, 2.05) is 39.6 Å². The summed E-state index contributed by atoms with van der Waals surface area (Å²) in [5, 5.41) is 1.95. The number of carbonyl (C=O) groups excluding carboxylic acids is 2. The molecule has 3 aliphatic rings. The van der Waals surface area contributed by atoms with Gasteiger partial charge in [0, 0.05) is 43.4 Å². The van der Waals surface area contributed by atoms with E-state index in [2.05, 4.69) is 11.1 Å². The van der Waals surface area contributed by atoms with Crippen LogP contribution in [0.1, 0.15) is 37.2 Å². The Balaban J connectivity index is 1.56. The predicted octanol–water partition coefficient (Wildman–Crippen LogP) is 2.43. The van der Waals surface area contributed by atoms with Gasteiger partial charge in [0.15, 0.2) is 4.96 Å². The molecule has 25 heavy (non-hydrogen) atoms. The van der Waals surface area contributed by atoms with Gasteiger partial charge < -0.3 is 9.80 Å². The van der Waals surface area contributed by atoms with Crippen molar-refractivity contribution in [3.05, 3.63) is 35.1 Å². The lowest BCUT2D eigenvalue weighted by molar-refractivity contribution is -0.139. The predicted molar refractivity (Wildman–Crippen MR) is 96.6 cm³/mol. The summed E-state index contributed by atoms with van der Waals surface area (Å²) in [5.41, 5.74) is 1.68. The molecule has 0 radical (unpaired) electrons. The van der Waals surface area contributed by atoms with Crippen molar-refractivity contribution < 1.29 is 9.59 Å². The summed E-state index contributed by atoms with van der Waals surface area (Å²) in [7, 11) is 0. The van der Waals surface area contributed by atoms with Crippen LogP contribution in [0.25, 0.3) is 4.96 Å². The number of piperidine rings is 1. The molecule has 3 saturated heterocycles. The van der Waals surface area contributed by atoms with Crippen molar-refractivity contribution in [2.24, 2.45) is 5.92 Å². The van der Waals surface area contributed by atoms with E-state index in [9.17, 15) is 9.59 Å². The van der Waals surface area contributed by atoms with E-state index in [1.54, 1.807) is 6.20 Å². The van der Waals surface area contributed by atoms with Gasteiger partial charge >= 0.3 is 0 Å². The van der Waals surface area contributed by atoms with Crippen LogP contribution in [0.3, 0.4) is 0 Å². The number of allylic oxidation sites excluding steroid dienone is 1. The maximum atomic E-state index is 12.9. The number of fused-ring (bicyclic) bond motifs is 5. The normalized spacial score (nSPS) is 23.2. The van der Waals surface area contributed by atoms with Gasteiger partial charge in [0.05, 0.1) is 5.92 Å². The van der Waals surface area contributed by atoms with E-state index in [4.69, 9.17) is 0 Å². The molecule has 132 valence electrons. The van der Waals surface area contributed by atoms with Crippen molar-refractivity contribution in [3.8, 4) is 0 Å². The zero-order valence-corrected chi connectivity index (χ0v) is 15.3. The number of nitrogens with zero attached hydrogens (tertiary/aromatic N) is 4. The van der Waals surface area contributed by atoms with Crippen LogP contribution in [-0.2, 0) is 4.79 Å². The van der Waals surface area contributed by atoms with Gasteiger partial charge in [-0.2, -0.15) is 0 Å². The number of carbonyl (C=O) groups is 2. The van der Waals surface area contributed by atoms with E-state index in [1.165, 1.54) is 16.9 Å². The molecular formula is C18H22N4O2S. The molecule has 2 amide bonds. The van der Waals surface area contributed by atoms with Crippen LogP contribution in [0.4, 0.5) is 0 Å². The van der Waals surface area contributed by atoms with Gasteiger partial charge in [-0.1, -0.05) is 11.6 Å². The van der Waals surface area contributed by atoms with Gasteiger partial charge in [0.1, 0.15) is 5.69 Å². The van der Waals surface area contributed by atoms with E-state index in [0.717, 1.165) is 17.8 Å². The van der Waals surface area contributed by atoms with Crippen LogP contribution in [0.15, 0.2) is 29.4 Å². The largest absolute Gasteiger partial charge is 0.334 e. The Kier molecular flexibility index (Phi) is 4.11. The minimum absolute atomic E-state index is 0.0651. The van der Waals surface area contributed by atoms with E-state index in [0.29, 0.717) is 25.3 Å². The maximum Gasteiger partial charge on any atom is 0.274 e. The van der Waals surface area contributed by atoms with Crippen LogP contribution in [0.5, 0.6) is 0 Å². The Morgan fingerprint density at radius 1 is 1.36 bits per heavy atom. The second-order valence-electron chi connectivity index (χ2n) is 7.13. The van der Waals surface area contributed by atoms with Crippen molar-refractivity contribution in [3.63, 3.8) is 0 Å². The van der Waals surface area contributed by atoms with Crippen LogP contribution in [0, 0.1) is 5.92 Å². The summed E-state index contributed by atoms with van der Waals surface area (Å²) >= 11 is 1.51. The highest BCUT2D eigenvalue weighted by molar-refractivity contribution is 7.15. The molecule has 7 heteroatoms. The van der Waals surface area contributed by atoms with Gasteiger partial charge in [0.2, 0.25) is 5.91 Å². The summed E-state index contributed by atoms with van der Waals surface area (Å²) in [6, 6.07) is 0.106. The molecule has 0 aliphatic carbocycles. The lowest BCUT2D eigenvalue weighted by atomic mass is 9.94. The Labute approximate surface area is 150 Å². The number of hydrogen-bond donors (Lipinski definition) is 0. The van der Waals surface area contributed by atoms with Crippen molar-refractivity contribution in [2.45, 2.75) is 32.7 Å². The van der Waals surface area contributed by atoms with E-state index >= 15 is 0 Å². The molecule has 3 aliphatic heterocycles. The van der Waals surface area contributed by atoms with Gasteiger partial charge in [-0.3, -0.25) is 14.0 Å². The van der Waals surface area contributed by atoms with Gasteiger partial charge in [0.25, 0.3) is 5.91 Å². The SMILES string of the molecule is CC(C)=CCN1C(=O)C2CCC1CN(C(=O)c1cn3ccsc3n1)C2. The third-order valence-electron chi connectivity index (χ3n) is 5.09. The molecule has 3 fully saturated rings. The molecule has 6 nitrogen and oxygen atoms in total.